The van der Waals surface area contributed by atoms with E-state index in [1.807, 2.05) is 6.07 Å². The Morgan fingerprint density at radius 2 is 1.32 bits per heavy atom. The van der Waals surface area contributed by atoms with Gasteiger partial charge in [-0.2, -0.15) is 8.78 Å². The second-order valence-corrected chi connectivity index (χ2v) is 9.13. The molecule has 0 aromatic heterocycles. The average Bonchev–Trinajstić information content (AvgIpc) is 2.86. The van der Waals surface area contributed by atoms with Crippen LogP contribution in [0.5, 0.6) is 0 Å². The van der Waals surface area contributed by atoms with E-state index in [9.17, 15) is 22.0 Å². The fourth-order valence-corrected chi connectivity index (χ4v) is 4.55. The molecule has 0 aliphatic rings. The van der Waals surface area contributed by atoms with Gasteiger partial charge in [0.05, 0.1) is 5.56 Å². The minimum Gasteiger partial charge on any atom is -0.206 e. The Bertz CT molecular complexity index is 1450. The van der Waals surface area contributed by atoms with Crippen LogP contribution in [-0.2, 0) is 6.42 Å². The number of hydrogen-bond donors (Lipinski definition) is 0. The normalized spacial score (nSPS) is 11.2. The summed E-state index contributed by atoms with van der Waals surface area (Å²) in [6.45, 7) is 2.15. The molecule has 0 nitrogen and oxygen atoms in total. The molecule has 0 unspecified atom stereocenters. The number of rotatable bonds is 9. The predicted octanol–water partition coefficient (Wildman–Crippen LogP) is 10.5. The summed E-state index contributed by atoms with van der Waals surface area (Å²) in [5, 5.41) is 0.0333. The van der Waals surface area contributed by atoms with Gasteiger partial charge in [-0.1, -0.05) is 69.0 Å². The molecule has 0 fully saturated rings. The van der Waals surface area contributed by atoms with Crippen LogP contribution < -0.4 is 0 Å². The third kappa shape index (κ3) is 6.07. The zero-order chi connectivity index (χ0) is 26.5. The van der Waals surface area contributed by atoms with Gasteiger partial charge in [0.25, 0.3) is 6.08 Å². The largest absolute Gasteiger partial charge is 0.271 e. The average molecular weight is 513 g/mol. The van der Waals surface area contributed by atoms with E-state index < -0.39 is 34.9 Å². The van der Waals surface area contributed by atoms with E-state index in [0.29, 0.717) is 11.1 Å². The Morgan fingerprint density at radius 1 is 0.676 bits per heavy atom. The van der Waals surface area contributed by atoms with Gasteiger partial charge in [0.2, 0.25) is 0 Å². The molecular formula is C31H26F6. The highest BCUT2D eigenvalue weighted by Crippen LogP contribution is 2.33. The molecule has 0 aliphatic heterocycles. The summed E-state index contributed by atoms with van der Waals surface area (Å²) in [5.74, 6) is -3.32. The molecule has 0 atom stereocenters. The second kappa shape index (κ2) is 11.7. The van der Waals surface area contributed by atoms with Gasteiger partial charge in [-0.05, 0) is 59.2 Å². The van der Waals surface area contributed by atoms with Crippen LogP contribution in [0.1, 0.15) is 50.2 Å². The Hall–Kier alpha value is -3.54. The van der Waals surface area contributed by atoms with Gasteiger partial charge in [0, 0.05) is 22.6 Å². The van der Waals surface area contributed by atoms with Crippen molar-refractivity contribution in [1.82, 2.24) is 0 Å². The summed E-state index contributed by atoms with van der Waals surface area (Å²) in [7, 11) is 0. The number of benzene rings is 4. The lowest BCUT2D eigenvalue weighted by Gasteiger charge is -2.11. The van der Waals surface area contributed by atoms with Crippen LogP contribution in [0, 0.1) is 23.3 Å². The van der Waals surface area contributed by atoms with E-state index >= 15 is 4.39 Å². The van der Waals surface area contributed by atoms with Crippen molar-refractivity contribution in [1.29, 1.82) is 0 Å². The minimum absolute atomic E-state index is 0.0674. The molecule has 6 heteroatoms. The van der Waals surface area contributed by atoms with Gasteiger partial charge >= 0.3 is 0 Å². The topological polar surface area (TPSA) is 0 Å². The first-order chi connectivity index (χ1) is 17.8. The van der Waals surface area contributed by atoms with Gasteiger partial charge in [-0.3, -0.25) is 0 Å². The molecule has 0 N–H and O–H groups in total. The van der Waals surface area contributed by atoms with Crippen LogP contribution in [-0.4, -0.2) is 0 Å². The highest BCUT2D eigenvalue weighted by Gasteiger charge is 2.16. The Morgan fingerprint density at radius 3 is 2.00 bits per heavy atom. The first kappa shape index (κ1) is 26.5. The van der Waals surface area contributed by atoms with Crippen molar-refractivity contribution in [3.05, 3.63) is 101 Å². The molecule has 0 heterocycles. The molecule has 0 aliphatic carbocycles. The first-order valence-corrected chi connectivity index (χ1v) is 12.3. The summed E-state index contributed by atoms with van der Waals surface area (Å²) >= 11 is 0. The Balaban J connectivity index is 1.59. The van der Waals surface area contributed by atoms with Crippen molar-refractivity contribution in [3.8, 4) is 22.3 Å². The molecule has 0 saturated heterocycles. The molecule has 192 valence electrons. The highest BCUT2D eigenvalue weighted by atomic mass is 19.3. The smallest absolute Gasteiger partial charge is 0.206 e. The maximum atomic E-state index is 15.1. The van der Waals surface area contributed by atoms with Crippen LogP contribution in [0.3, 0.4) is 0 Å². The van der Waals surface area contributed by atoms with Crippen LogP contribution in [0.4, 0.5) is 26.3 Å². The molecule has 4 rings (SSSR count). The van der Waals surface area contributed by atoms with E-state index in [0.717, 1.165) is 30.9 Å². The van der Waals surface area contributed by atoms with E-state index in [4.69, 9.17) is 0 Å². The van der Waals surface area contributed by atoms with Crippen LogP contribution >= 0.6 is 0 Å². The summed E-state index contributed by atoms with van der Waals surface area (Å²) in [5.41, 5.74) is 1.22. The molecule has 0 radical (unpaired) electrons. The van der Waals surface area contributed by atoms with Gasteiger partial charge in [-0.25, -0.2) is 17.6 Å². The van der Waals surface area contributed by atoms with Crippen LogP contribution in [0.15, 0.2) is 66.7 Å². The fraction of sp³-hybridized carbons (Fsp3) is 0.226. The molecule has 37 heavy (non-hydrogen) atoms. The van der Waals surface area contributed by atoms with E-state index in [-0.39, 0.29) is 28.0 Å². The molecule has 0 saturated carbocycles. The van der Waals surface area contributed by atoms with Gasteiger partial charge in [0.1, 0.15) is 23.3 Å². The van der Waals surface area contributed by atoms with Crippen LogP contribution in [0.2, 0.25) is 0 Å². The van der Waals surface area contributed by atoms with Gasteiger partial charge < -0.3 is 0 Å². The molecule has 4 aromatic carbocycles. The first-order valence-electron chi connectivity index (χ1n) is 12.3. The van der Waals surface area contributed by atoms with Gasteiger partial charge in [0.15, 0.2) is 0 Å². The fourth-order valence-electron chi connectivity index (χ4n) is 4.55. The molecule has 4 aromatic rings. The lowest BCUT2D eigenvalue weighted by atomic mass is 9.95. The maximum Gasteiger partial charge on any atom is 0.271 e. The Kier molecular flexibility index (Phi) is 8.37. The standard InChI is InChI=1S/C31H26F6/c1-2-3-4-5-6-7-19-8-11-23(27(32)14-19)21-9-12-24(28(33)16-21)20-10-13-25-22(15-20)17-29(34)26(31(25)37)18-30(35)36/h8-18H,2-7H2,1H3. The lowest BCUT2D eigenvalue weighted by Crippen LogP contribution is -1.94. The number of halogens is 6. The van der Waals surface area contributed by atoms with Crippen molar-refractivity contribution in [2.45, 2.75) is 45.4 Å². The summed E-state index contributed by atoms with van der Waals surface area (Å²) in [4.78, 5) is 0. The van der Waals surface area contributed by atoms with Gasteiger partial charge in [-0.15, -0.1) is 0 Å². The number of unbranched alkanes of at least 4 members (excludes halogenated alkanes) is 4. The van der Waals surface area contributed by atoms with Crippen molar-refractivity contribution in [3.63, 3.8) is 0 Å². The maximum absolute atomic E-state index is 15.1. The van der Waals surface area contributed by atoms with Crippen molar-refractivity contribution >= 4 is 16.8 Å². The number of aryl methyl sites for hydroxylation is 1. The van der Waals surface area contributed by atoms with E-state index in [1.54, 1.807) is 12.1 Å². The third-order valence-electron chi connectivity index (χ3n) is 6.51. The highest BCUT2D eigenvalue weighted by molar-refractivity contribution is 5.90. The molecule has 0 bridgehead atoms. The van der Waals surface area contributed by atoms with E-state index in [2.05, 4.69) is 6.92 Å². The van der Waals surface area contributed by atoms with Crippen molar-refractivity contribution in [2.24, 2.45) is 0 Å². The Labute approximate surface area is 212 Å². The lowest BCUT2D eigenvalue weighted by molar-refractivity contribution is 0.428. The van der Waals surface area contributed by atoms with E-state index in [1.165, 1.54) is 55.7 Å². The SMILES string of the molecule is CCCCCCCc1ccc(-c2ccc(-c3ccc4c(F)c(C=C(F)F)c(F)cc4c3)c(F)c2)c(F)c1. The van der Waals surface area contributed by atoms with Crippen molar-refractivity contribution < 1.29 is 26.3 Å². The minimum atomic E-state index is -2.22. The third-order valence-corrected chi connectivity index (χ3v) is 6.51. The molecule has 0 spiro atoms. The van der Waals surface area contributed by atoms with Crippen molar-refractivity contribution in [2.75, 3.05) is 0 Å². The monoisotopic (exact) mass is 512 g/mol. The summed E-state index contributed by atoms with van der Waals surface area (Å²) in [6.07, 6.45) is 4.33. The quantitative estimate of drug-likeness (QED) is 0.155. The van der Waals surface area contributed by atoms with Crippen LogP contribution in [0.25, 0.3) is 39.1 Å². The zero-order valence-electron chi connectivity index (χ0n) is 20.4. The second-order valence-electron chi connectivity index (χ2n) is 9.13. The number of fused-ring (bicyclic) bond motifs is 1. The molecular weight excluding hydrogens is 486 g/mol. The summed E-state index contributed by atoms with van der Waals surface area (Å²) in [6, 6.07) is 14.3. The zero-order valence-corrected chi connectivity index (χ0v) is 20.4. The number of hydrogen-bond acceptors (Lipinski definition) is 0. The molecule has 0 amide bonds. The predicted molar refractivity (Wildman–Crippen MR) is 137 cm³/mol. The summed E-state index contributed by atoms with van der Waals surface area (Å²) < 4.78 is 83.9.